The van der Waals surface area contributed by atoms with Crippen LogP contribution in [0.5, 0.6) is 0 Å². The van der Waals surface area contributed by atoms with E-state index in [0.717, 1.165) is 0 Å². The van der Waals surface area contributed by atoms with Crippen LogP contribution in [0.2, 0.25) is 0 Å². The first kappa shape index (κ1) is 21.8. The summed E-state index contributed by atoms with van der Waals surface area (Å²) in [4.78, 5) is 13.9. The monoisotopic (exact) mass is 404 g/mol. The third kappa shape index (κ3) is 5.27. The van der Waals surface area contributed by atoms with Crippen molar-refractivity contribution in [2.45, 2.75) is 25.3 Å². The van der Waals surface area contributed by atoms with E-state index in [0.29, 0.717) is 24.2 Å². The minimum absolute atomic E-state index is 0.164. The van der Waals surface area contributed by atoms with Crippen LogP contribution < -0.4 is 0 Å². The zero-order chi connectivity index (χ0) is 20.7. The number of hydrogen-bond acceptors (Lipinski definition) is 3. The van der Waals surface area contributed by atoms with Crippen molar-refractivity contribution >= 4 is 22.0 Å². The van der Waals surface area contributed by atoms with Gasteiger partial charge < -0.3 is 4.90 Å². The van der Waals surface area contributed by atoms with Gasteiger partial charge in [0.2, 0.25) is 15.9 Å². The van der Waals surface area contributed by atoms with Gasteiger partial charge in [-0.2, -0.15) is 4.31 Å². The van der Waals surface area contributed by atoms with Crippen molar-refractivity contribution in [3.8, 4) is 0 Å². The van der Waals surface area contributed by atoms with Crippen LogP contribution in [0.4, 0.5) is 4.39 Å². The minimum Gasteiger partial charge on any atom is -0.338 e. The Morgan fingerprint density at radius 3 is 2.21 bits per heavy atom. The molecule has 150 valence electrons. The molecule has 0 atom stereocenters. The topological polar surface area (TPSA) is 57.7 Å². The number of likely N-dealkylation sites (N-methyl/N-ethyl adjacent to an activating group) is 1. The molecule has 0 aliphatic carbocycles. The molecule has 5 nitrogen and oxygen atoms in total. The first-order chi connectivity index (χ1) is 13.3. The molecule has 0 spiro atoms. The van der Waals surface area contributed by atoms with E-state index in [4.69, 9.17) is 0 Å². The number of hydrogen-bond donors (Lipinski definition) is 0. The lowest BCUT2D eigenvalue weighted by molar-refractivity contribution is -0.125. The van der Waals surface area contributed by atoms with Crippen molar-refractivity contribution in [3.05, 3.63) is 71.6 Å². The van der Waals surface area contributed by atoms with Crippen LogP contribution in [0.3, 0.4) is 0 Å². The Hall–Kier alpha value is -2.51. The molecule has 2 rings (SSSR count). The van der Waals surface area contributed by atoms with E-state index in [9.17, 15) is 17.6 Å². The van der Waals surface area contributed by atoms with E-state index in [1.54, 1.807) is 57.3 Å². The molecule has 1 amide bonds. The summed E-state index contributed by atoms with van der Waals surface area (Å²) in [5.74, 6) is -0.626. The van der Waals surface area contributed by atoms with Crippen molar-refractivity contribution < 1.29 is 17.6 Å². The SMILES string of the molecule is CCN(CC)S(=O)(=O)c1ccc(C=CC(=O)N(C)Cc2ccccc2F)cc1. The average molecular weight is 405 g/mol. The lowest BCUT2D eigenvalue weighted by Gasteiger charge is -2.18. The van der Waals surface area contributed by atoms with Gasteiger partial charge in [0.05, 0.1) is 4.90 Å². The van der Waals surface area contributed by atoms with Gasteiger partial charge in [0.15, 0.2) is 0 Å². The molecule has 7 heteroatoms. The first-order valence-corrected chi connectivity index (χ1v) is 10.5. The molecule has 0 bridgehead atoms. The van der Waals surface area contributed by atoms with Crippen molar-refractivity contribution in [3.63, 3.8) is 0 Å². The summed E-state index contributed by atoms with van der Waals surface area (Å²) in [5, 5.41) is 0. The fourth-order valence-corrected chi connectivity index (χ4v) is 4.18. The van der Waals surface area contributed by atoms with Crippen LogP contribution in [0.1, 0.15) is 25.0 Å². The van der Waals surface area contributed by atoms with E-state index in [2.05, 4.69) is 0 Å². The summed E-state index contributed by atoms with van der Waals surface area (Å²) in [6, 6.07) is 12.7. The Labute approximate surface area is 166 Å². The molecule has 0 unspecified atom stereocenters. The van der Waals surface area contributed by atoms with Gasteiger partial charge in [-0.3, -0.25) is 4.79 Å². The quantitative estimate of drug-likeness (QED) is 0.633. The molecular formula is C21H25FN2O3S. The molecule has 0 saturated carbocycles. The summed E-state index contributed by atoms with van der Waals surface area (Å²) in [5.41, 5.74) is 1.14. The molecule has 0 aliphatic rings. The molecule has 0 N–H and O–H groups in total. The number of amides is 1. The molecule has 28 heavy (non-hydrogen) atoms. The molecule has 2 aromatic rings. The third-order valence-corrected chi connectivity index (χ3v) is 6.45. The molecule has 0 fully saturated rings. The Morgan fingerprint density at radius 2 is 1.64 bits per heavy atom. The number of carbonyl (C=O) groups excluding carboxylic acids is 1. The highest BCUT2D eigenvalue weighted by Gasteiger charge is 2.20. The Bertz CT molecular complexity index is 936. The average Bonchev–Trinajstić information content (AvgIpc) is 2.68. The number of halogens is 1. The van der Waals surface area contributed by atoms with Gasteiger partial charge in [-0.25, -0.2) is 12.8 Å². The van der Waals surface area contributed by atoms with Crippen LogP contribution in [0.25, 0.3) is 6.08 Å². The summed E-state index contributed by atoms with van der Waals surface area (Å²) in [6.45, 7) is 4.56. The predicted molar refractivity (Wildman–Crippen MR) is 108 cm³/mol. The number of carbonyl (C=O) groups is 1. The number of benzene rings is 2. The van der Waals surface area contributed by atoms with E-state index >= 15 is 0 Å². The maximum Gasteiger partial charge on any atom is 0.246 e. The summed E-state index contributed by atoms with van der Waals surface area (Å²) in [6.07, 6.45) is 2.99. The van der Waals surface area contributed by atoms with Crippen molar-refractivity contribution in [1.82, 2.24) is 9.21 Å². The minimum atomic E-state index is -3.50. The second-order valence-corrected chi connectivity index (χ2v) is 8.22. The lowest BCUT2D eigenvalue weighted by atomic mass is 10.2. The van der Waals surface area contributed by atoms with Gasteiger partial charge in [0.25, 0.3) is 0 Å². The van der Waals surface area contributed by atoms with E-state index in [1.165, 1.54) is 33.5 Å². The Balaban J connectivity index is 2.06. The first-order valence-electron chi connectivity index (χ1n) is 9.06. The molecule has 0 aliphatic heterocycles. The van der Waals surface area contributed by atoms with Crippen LogP contribution in [-0.4, -0.2) is 43.7 Å². The van der Waals surface area contributed by atoms with Crippen LogP contribution in [0.15, 0.2) is 59.5 Å². The molecule has 0 heterocycles. The molecule has 0 aromatic heterocycles. The highest BCUT2D eigenvalue weighted by Crippen LogP contribution is 2.17. The van der Waals surface area contributed by atoms with E-state index in [1.807, 2.05) is 0 Å². The van der Waals surface area contributed by atoms with Crippen molar-refractivity contribution in [2.24, 2.45) is 0 Å². The zero-order valence-electron chi connectivity index (χ0n) is 16.3. The molecule has 2 aromatic carbocycles. The van der Waals surface area contributed by atoms with E-state index in [-0.39, 0.29) is 23.2 Å². The largest absolute Gasteiger partial charge is 0.338 e. The maximum atomic E-state index is 13.7. The molecular weight excluding hydrogens is 379 g/mol. The normalized spacial score (nSPS) is 11.9. The van der Waals surface area contributed by atoms with Gasteiger partial charge in [-0.1, -0.05) is 44.2 Å². The predicted octanol–water partition coefficient (Wildman–Crippen LogP) is 3.53. The number of rotatable bonds is 8. The fraction of sp³-hybridized carbons (Fsp3) is 0.286. The maximum absolute atomic E-state index is 13.7. The number of sulfonamides is 1. The summed E-state index contributed by atoms with van der Waals surface area (Å²) < 4.78 is 40.0. The summed E-state index contributed by atoms with van der Waals surface area (Å²) >= 11 is 0. The van der Waals surface area contributed by atoms with Gasteiger partial charge in [-0.05, 0) is 29.8 Å². The summed E-state index contributed by atoms with van der Waals surface area (Å²) in [7, 11) is -1.91. The zero-order valence-corrected chi connectivity index (χ0v) is 17.1. The van der Waals surface area contributed by atoms with Gasteiger partial charge >= 0.3 is 0 Å². The van der Waals surface area contributed by atoms with Gasteiger partial charge in [-0.15, -0.1) is 0 Å². The van der Waals surface area contributed by atoms with Crippen molar-refractivity contribution in [2.75, 3.05) is 20.1 Å². The van der Waals surface area contributed by atoms with Crippen molar-refractivity contribution in [1.29, 1.82) is 0 Å². The highest BCUT2D eigenvalue weighted by atomic mass is 32.2. The molecule has 0 saturated heterocycles. The van der Waals surface area contributed by atoms with Gasteiger partial charge in [0, 0.05) is 38.3 Å². The fourth-order valence-electron chi connectivity index (χ4n) is 2.72. The third-order valence-electron chi connectivity index (χ3n) is 4.38. The second-order valence-electron chi connectivity index (χ2n) is 6.28. The standard InChI is InChI=1S/C21H25FN2O3S/c1-4-24(5-2)28(26,27)19-13-10-17(11-14-19)12-15-21(25)23(3)16-18-8-6-7-9-20(18)22/h6-15H,4-5,16H2,1-3H3. The van der Waals surface area contributed by atoms with Crippen LogP contribution in [0, 0.1) is 5.82 Å². The number of nitrogens with zero attached hydrogens (tertiary/aromatic N) is 2. The van der Waals surface area contributed by atoms with Gasteiger partial charge in [0.1, 0.15) is 5.82 Å². The smallest absolute Gasteiger partial charge is 0.246 e. The highest BCUT2D eigenvalue weighted by molar-refractivity contribution is 7.89. The second kappa shape index (κ2) is 9.61. The Morgan fingerprint density at radius 1 is 1.04 bits per heavy atom. The lowest BCUT2D eigenvalue weighted by Crippen LogP contribution is -2.30. The Kier molecular flexibility index (Phi) is 7.48. The van der Waals surface area contributed by atoms with Crippen LogP contribution >= 0.6 is 0 Å². The molecule has 0 radical (unpaired) electrons. The van der Waals surface area contributed by atoms with Crippen LogP contribution in [-0.2, 0) is 21.4 Å². The van der Waals surface area contributed by atoms with E-state index < -0.39 is 10.0 Å².